The van der Waals surface area contributed by atoms with E-state index in [-0.39, 0.29) is 17.1 Å². The fourth-order valence-corrected chi connectivity index (χ4v) is 3.01. The summed E-state index contributed by atoms with van der Waals surface area (Å²) < 4.78 is 16.1. The zero-order valence-electron chi connectivity index (χ0n) is 14.9. The molecule has 130 valence electrons. The van der Waals surface area contributed by atoms with Crippen molar-refractivity contribution in [2.45, 2.75) is 20.8 Å². The SMILES string of the molecule is COc1cc(C(=O)c2c(C)oc3c(O)c(OC)ccc23)cc(C)c1C. The Morgan fingerprint density at radius 3 is 2.36 bits per heavy atom. The standard InChI is InChI=1S/C20H20O5/c1-10-8-13(9-16(24-5)11(10)2)18(21)17-12(3)25-20-14(17)6-7-15(23-4)19(20)22/h6-9,22H,1-5H3. The van der Waals surface area contributed by atoms with Crippen LogP contribution < -0.4 is 9.47 Å². The Labute approximate surface area is 145 Å². The summed E-state index contributed by atoms with van der Waals surface area (Å²) in [6, 6.07) is 6.90. The van der Waals surface area contributed by atoms with Crippen molar-refractivity contribution >= 4 is 16.8 Å². The molecule has 0 fully saturated rings. The fourth-order valence-electron chi connectivity index (χ4n) is 3.01. The second-order valence-corrected chi connectivity index (χ2v) is 5.98. The van der Waals surface area contributed by atoms with E-state index >= 15 is 0 Å². The number of phenols is 1. The van der Waals surface area contributed by atoms with Crippen LogP contribution in [0, 0.1) is 20.8 Å². The van der Waals surface area contributed by atoms with Crippen LogP contribution in [0.3, 0.4) is 0 Å². The van der Waals surface area contributed by atoms with Gasteiger partial charge in [-0.1, -0.05) is 0 Å². The van der Waals surface area contributed by atoms with Gasteiger partial charge in [0.1, 0.15) is 11.5 Å². The topological polar surface area (TPSA) is 68.9 Å². The van der Waals surface area contributed by atoms with Crippen LogP contribution in [-0.2, 0) is 0 Å². The maximum absolute atomic E-state index is 13.1. The molecule has 0 amide bonds. The molecule has 0 aliphatic carbocycles. The van der Waals surface area contributed by atoms with Gasteiger partial charge in [0.25, 0.3) is 0 Å². The minimum absolute atomic E-state index is 0.111. The first-order chi connectivity index (χ1) is 11.9. The molecule has 25 heavy (non-hydrogen) atoms. The zero-order chi connectivity index (χ0) is 18.3. The van der Waals surface area contributed by atoms with Crippen LogP contribution in [0.2, 0.25) is 0 Å². The van der Waals surface area contributed by atoms with E-state index in [0.717, 1.165) is 11.1 Å². The minimum Gasteiger partial charge on any atom is -0.502 e. The number of ether oxygens (including phenoxy) is 2. The number of hydrogen-bond donors (Lipinski definition) is 1. The number of aromatic hydroxyl groups is 1. The first-order valence-electron chi connectivity index (χ1n) is 7.88. The van der Waals surface area contributed by atoms with E-state index in [1.165, 1.54) is 7.11 Å². The highest BCUT2D eigenvalue weighted by Gasteiger charge is 2.24. The molecular weight excluding hydrogens is 320 g/mol. The summed E-state index contributed by atoms with van der Waals surface area (Å²) in [6.07, 6.45) is 0. The largest absolute Gasteiger partial charge is 0.502 e. The number of hydrogen-bond acceptors (Lipinski definition) is 5. The fraction of sp³-hybridized carbons (Fsp3) is 0.250. The van der Waals surface area contributed by atoms with E-state index in [2.05, 4.69) is 0 Å². The van der Waals surface area contributed by atoms with Crippen molar-refractivity contribution in [1.82, 2.24) is 0 Å². The van der Waals surface area contributed by atoms with Gasteiger partial charge >= 0.3 is 0 Å². The lowest BCUT2D eigenvalue weighted by molar-refractivity contribution is 0.103. The summed E-state index contributed by atoms with van der Waals surface area (Å²) in [4.78, 5) is 13.1. The molecule has 0 aliphatic rings. The van der Waals surface area contributed by atoms with Crippen molar-refractivity contribution in [2.24, 2.45) is 0 Å². The van der Waals surface area contributed by atoms with Gasteiger partial charge in [0.05, 0.1) is 19.8 Å². The van der Waals surface area contributed by atoms with Gasteiger partial charge in [-0.25, -0.2) is 0 Å². The van der Waals surface area contributed by atoms with Gasteiger partial charge in [0.2, 0.25) is 5.75 Å². The number of methoxy groups -OCH3 is 2. The van der Waals surface area contributed by atoms with Crippen molar-refractivity contribution in [3.63, 3.8) is 0 Å². The van der Waals surface area contributed by atoms with Crippen LogP contribution in [-0.4, -0.2) is 25.1 Å². The van der Waals surface area contributed by atoms with Crippen molar-refractivity contribution in [3.8, 4) is 17.2 Å². The first kappa shape index (κ1) is 16.9. The molecule has 3 rings (SSSR count). The van der Waals surface area contributed by atoms with Crippen LogP contribution in [0.5, 0.6) is 17.2 Å². The number of carbonyl (C=O) groups is 1. The van der Waals surface area contributed by atoms with Gasteiger partial charge in [-0.3, -0.25) is 4.79 Å². The van der Waals surface area contributed by atoms with Crippen LogP contribution in [0.15, 0.2) is 28.7 Å². The average molecular weight is 340 g/mol. The Morgan fingerprint density at radius 2 is 1.72 bits per heavy atom. The third kappa shape index (κ3) is 2.61. The molecule has 2 aromatic carbocycles. The van der Waals surface area contributed by atoms with Crippen molar-refractivity contribution in [2.75, 3.05) is 14.2 Å². The molecule has 0 radical (unpaired) electrons. The van der Waals surface area contributed by atoms with Gasteiger partial charge < -0.3 is 19.0 Å². The van der Waals surface area contributed by atoms with Crippen molar-refractivity contribution < 1.29 is 23.8 Å². The van der Waals surface area contributed by atoms with Gasteiger partial charge in [-0.2, -0.15) is 0 Å². The number of rotatable bonds is 4. The highest BCUT2D eigenvalue weighted by molar-refractivity contribution is 6.17. The predicted molar refractivity (Wildman–Crippen MR) is 95.1 cm³/mol. The lowest BCUT2D eigenvalue weighted by atomic mass is 9.96. The average Bonchev–Trinajstić information content (AvgIpc) is 2.94. The summed E-state index contributed by atoms with van der Waals surface area (Å²) in [5, 5.41) is 10.8. The molecular formula is C20H20O5. The predicted octanol–water partition coefficient (Wildman–Crippen LogP) is 4.31. The Morgan fingerprint density at radius 1 is 1.04 bits per heavy atom. The maximum Gasteiger partial charge on any atom is 0.202 e. The molecule has 0 aliphatic heterocycles. The van der Waals surface area contributed by atoms with E-state index in [0.29, 0.717) is 33.8 Å². The smallest absolute Gasteiger partial charge is 0.202 e. The number of furan rings is 1. The minimum atomic E-state index is -0.179. The molecule has 5 nitrogen and oxygen atoms in total. The number of fused-ring (bicyclic) bond motifs is 1. The summed E-state index contributed by atoms with van der Waals surface area (Å²) in [5.41, 5.74) is 3.16. The molecule has 0 atom stereocenters. The molecule has 0 bridgehead atoms. The lowest BCUT2D eigenvalue weighted by Gasteiger charge is -2.10. The van der Waals surface area contributed by atoms with E-state index < -0.39 is 0 Å². The van der Waals surface area contributed by atoms with Crippen molar-refractivity contribution in [3.05, 3.63) is 52.3 Å². The van der Waals surface area contributed by atoms with E-state index in [9.17, 15) is 9.90 Å². The number of carbonyl (C=O) groups excluding carboxylic acids is 1. The number of benzene rings is 2. The first-order valence-corrected chi connectivity index (χ1v) is 7.88. The molecule has 1 heterocycles. The second kappa shape index (κ2) is 6.16. The third-order valence-corrected chi connectivity index (χ3v) is 4.52. The van der Waals surface area contributed by atoms with E-state index in [1.807, 2.05) is 19.9 Å². The highest BCUT2D eigenvalue weighted by Crippen LogP contribution is 2.39. The summed E-state index contributed by atoms with van der Waals surface area (Å²) in [5.74, 6) is 1.12. The quantitative estimate of drug-likeness (QED) is 0.717. The molecule has 3 aromatic rings. The molecule has 0 saturated heterocycles. The molecule has 1 N–H and O–H groups in total. The molecule has 0 saturated carbocycles. The number of ketones is 1. The van der Waals surface area contributed by atoms with Gasteiger partial charge in [0, 0.05) is 10.9 Å². The Kier molecular flexibility index (Phi) is 4.17. The summed E-state index contributed by atoms with van der Waals surface area (Å²) >= 11 is 0. The maximum atomic E-state index is 13.1. The van der Waals surface area contributed by atoms with Crippen LogP contribution in [0.4, 0.5) is 0 Å². The molecule has 0 unspecified atom stereocenters. The van der Waals surface area contributed by atoms with Crippen LogP contribution in [0.1, 0.15) is 32.8 Å². The van der Waals surface area contributed by atoms with Crippen molar-refractivity contribution in [1.29, 1.82) is 0 Å². The van der Waals surface area contributed by atoms with Gasteiger partial charge in [-0.05, 0) is 56.2 Å². The Balaban J connectivity index is 2.20. The Bertz CT molecular complexity index is 982. The molecule has 1 aromatic heterocycles. The van der Waals surface area contributed by atoms with E-state index in [1.54, 1.807) is 32.2 Å². The van der Waals surface area contributed by atoms with E-state index in [4.69, 9.17) is 13.9 Å². The summed E-state index contributed by atoms with van der Waals surface area (Å²) in [7, 11) is 3.04. The van der Waals surface area contributed by atoms with Gasteiger partial charge in [-0.15, -0.1) is 0 Å². The zero-order valence-corrected chi connectivity index (χ0v) is 14.9. The Hall–Kier alpha value is -2.95. The van der Waals surface area contributed by atoms with Gasteiger partial charge in [0.15, 0.2) is 17.1 Å². The normalized spacial score (nSPS) is 10.9. The lowest BCUT2D eigenvalue weighted by Crippen LogP contribution is -2.04. The highest BCUT2D eigenvalue weighted by atomic mass is 16.5. The van der Waals surface area contributed by atoms with Crippen LogP contribution >= 0.6 is 0 Å². The monoisotopic (exact) mass is 340 g/mol. The second-order valence-electron chi connectivity index (χ2n) is 5.98. The number of phenolic OH excluding ortho intramolecular Hbond substituents is 1. The third-order valence-electron chi connectivity index (χ3n) is 4.52. The van der Waals surface area contributed by atoms with Crippen LogP contribution in [0.25, 0.3) is 11.0 Å². The summed E-state index contributed by atoms with van der Waals surface area (Å²) in [6.45, 7) is 5.59. The number of aryl methyl sites for hydroxylation is 2. The molecule has 0 spiro atoms. The molecule has 5 heteroatoms.